The number of piperidine rings is 1. The minimum Gasteiger partial charge on any atom is -0.396 e. The van der Waals surface area contributed by atoms with Crippen LogP contribution in [0.25, 0.3) is 0 Å². The van der Waals surface area contributed by atoms with Crippen LogP contribution in [0.1, 0.15) is 18.4 Å². The van der Waals surface area contributed by atoms with E-state index < -0.39 is 0 Å². The van der Waals surface area contributed by atoms with Gasteiger partial charge in [0, 0.05) is 19.3 Å². The molecular formula is C18H27N3O3. The van der Waals surface area contributed by atoms with Crippen LogP contribution in [0, 0.1) is 12.8 Å². The molecule has 1 saturated heterocycles. The van der Waals surface area contributed by atoms with Crippen molar-refractivity contribution in [3.05, 3.63) is 29.8 Å². The van der Waals surface area contributed by atoms with Gasteiger partial charge in [-0.2, -0.15) is 0 Å². The van der Waals surface area contributed by atoms with E-state index in [2.05, 4.69) is 10.2 Å². The van der Waals surface area contributed by atoms with E-state index in [-0.39, 0.29) is 25.0 Å². The summed E-state index contributed by atoms with van der Waals surface area (Å²) >= 11 is 0. The van der Waals surface area contributed by atoms with Gasteiger partial charge in [-0.05, 0) is 50.9 Å². The highest BCUT2D eigenvalue weighted by Gasteiger charge is 2.22. The summed E-state index contributed by atoms with van der Waals surface area (Å²) in [4.78, 5) is 27.8. The average Bonchev–Trinajstić information content (AvgIpc) is 2.57. The summed E-state index contributed by atoms with van der Waals surface area (Å²) in [6.07, 6.45) is 1.84. The highest BCUT2D eigenvalue weighted by molar-refractivity contribution is 5.94. The zero-order valence-electron chi connectivity index (χ0n) is 14.5. The van der Waals surface area contributed by atoms with Crippen LogP contribution in [0.3, 0.4) is 0 Å². The van der Waals surface area contributed by atoms with Crippen LogP contribution in [0.4, 0.5) is 5.69 Å². The van der Waals surface area contributed by atoms with Gasteiger partial charge in [0.2, 0.25) is 11.8 Å². The highest BCUT2D eigenvalue weighted by Crippen LogP contribution is 2.16. The van der Waals surface area contributed by atoms with Crippen LogP contribution in [0.5, 0.6) is 0 Å². The van der Waals surface area contributed by atoms with Gasteiger partial charge in [-0.1, -0.05) is 17.7 Å². The van der Waals surface area contributed by atoms with Crippen LogP contribution >= 0.6 is 0 Å². The SMILES string of the molecule is Cc1ccc(NC(=O)CN(C)C(=O)CN2CCC(CO)CC2)cc1. The van der Waals surface area contributed by atoms with Gasteiger partial charge in [0.25, 0.3) is 0 Å². The molecule has 2 amide bonds. The van der Waals surface area contributed by atoms with Crippen molar-refractivity contribution in [3.63, 3.8) is 0 Å². The maximum absolute atomic E-state index is 12.2. The van der Waals surface area contributed by atoms with Gasteiger partial charge in [0.1, 0.15) is 0 Å². The summed E-state index contributed by atoms with van der Waals surface area (Å²) in [5.74, 6) is 0.0968. The quantitative estimate of drug-likeness (QED) is 0.818. The molecule has 6 nitrogen and oxygen atoms in total. The fourth-order valence-electron chi connectivity index (χ4n) is 2.78. The van der Waals surface area contributed by atoms with Gasteiger partial charge in [0.05, 0.1) is 13.1 Å². The molecule has 0 aliphatic carbocycles. The van der Waals surface area contributed by atoms with Gasteiger partial charge in [-0.15, -0.1) is 0 Å². The number of nitrogens with one attached hydrogen (secondary N) is 1. The lowest BCUT2D eigenvalue weighted by molar-refractivity contribution is -0.134. The summed E-state index contributed by atoms with van der Waals surface area (Å²) in [5.41, 5.74) is 1.86. The monoisotopic (exact) mass is 333 g/mol. The topological polar surface area (TPSA) is 72.9 Å². The van der Waals surface area contributed by atoms with Crippen molar-refractivity contribution in [1.29, 1.82) is 0 Å². The van der Waals surface area contributed by atoms with E-state index in [1.807, 2.05) is 31.2 Å². The van der Waals surface area contributed by atoms with Crippen LogP contribution in [-0.2, 0) is 9.59 Å². The summed E-state index contributed by atoms with van der Waals surface area (Å²) < 4.78 is 0. The molecule has 2 N–H and O–H groups in total. The van der Waals surface area contributed by atoms with Gasteiger partial charge < -0.3 is 15.3 Å². The van der Waals surface area contributed by atoms with Crippen molar-refractivity contribution in [1.82, 2.24) is 9.80 Å². The molecular weight excluding hydrogens is 306 g/mol. The third-order valence-electron chi connectivity index (χ3n) is 4.47. The zero-order valence-corrected chi connectivity index (χ0v) is 14.5. The molecule has 1 heterocycles. The summed E-state index contributed by atoms with van der Waals surface area (Å²) in [6.45, 7) is 4.22. The van der Waals surface area contributed by atoms with Crippen molar-refractivity contribution >= 4 is 17.5 Å². The van der Waals surface area contributed by atoms with E-state index in [4.69, 9.17) is 5.11 Å². The normalized spacial score (nSPS) is 16.0. The Morgan fingerprint density at radius 1 is 1.25 bits per heavy atom. The highest BCUT2D eigenvalue weighted by atomic mass is 16.3. The molecule has 0 bridgehead atoms. The van der Waals surface area contributed by atoms with Crippen LogP contribution in [0.15, 0.2) is 24.3 Å². The number of likely N-dealkylation sites (tertiary alicyclic amines) is 1. The number of carbonyl (C=O) groups excluding carboxylic acids is 2. The number of aliphatic hydroxyl groups excluding tert-OH is 1. The first-order valence-corrected chi connectivity index (χ1v) is 8.41. The van der Waals surface area contributed by atoms with Crippen molar-refractivity contribution < 1.29 is 14.7 Å². The Morgan fingerprint density at radius 2 is 1.88 bits per heavy atom. The molecule has 1 aromatic carbocycles. The third kappa shape index (κ3) is 5.62. The second-order valence-electron chi connectivity index (χ2n) is 6.57. The number of aliphatic hydroxyl groups is 1. The molecule has 0 aromatic heterocycles. The van der Waals surface area contributed by atoms with E-state index in [0.29, 0.717) is 12.5 Å². The van der Waals surface area contributed by atoms with Crippen molar-refractivity contribution in [3.8, 4) is 0 Å². The molecule has 2 rings (SSSR count). The summed E-state index contributed by atoms with van der Waals surface area (Å²) in [6, 6.07) is 7.56. The zero-order chi connectivity index (χ0) is 17.5. The molecule has 1 aromatic rings. The molecule has 0 atom stereocenters. The number of nitrogens with zero attached hydrogens (tertiary/aromatic N) is 2. The minimum atomic E-state index is -0.200. The van der Waals surface area contributed by atoms with Gasteiger partial charge in [-0.3, -0.25) is 14.5 Å². The lowest BCUT2D eigenvalue weighted by Gasteiger charge is -2.31. The first kappa shape index (κ1) is 18.4. The Hall–Kier alpha value is -1.92. The molecule has 24 heavy (non-hydrogen) atoms. The number of benzene rings is 1. The predicted octanol–water partition coefficient (Wildman–Crippen LogP) is 1.10. The Balaban J connectivity index is 1.74. The second kappa shape index (κ2) is 8.80. The van der Waals surface area contributed by atoms with Crippen LogP contribution < -0.4 is 5.32 Å². The smallest absolute Gasteiger partial charge is 0.243 e. The number of hydrogen-bond acceptors (Lipinski definition) is 4. The molecule has 6 heteroatoms. The first-order chi connectivity index (χ1) is 11.5. The standard InChI is InChI=1S/C18H27N3O3/c1-14-3-5-16(6-4-14)19-17(23)11-20(2)18(24)12-21-9-7-15(13-22)8-10-21/h3-6,15,22H,7-13H2,1-2H3,(H,19,23). The number of rotatable bonds is 6. The van der Waals surface area contributed by atoms with E-state index in [1.165, 1.54) is 4.90 Å². The molecule has 0 unspecified atom stereocenters. The fraction of sp³-hybridized carbons (Fsp3) is 0.556. The van der Waals surface area contributed by atoms with Crippen LogP contribution in [-0.4, -0.2) is 66.6 Å². The maximum atomic E-state index is 12.2. The molecule has 1 aliphatic heterocycles. The van der Waals surface area contributed by atoms with Crippen LogP contribution in [0.2, 0.25) is 0 Å². The number of amides is 2. The summed E-state index contributed by atoms with van der Waals surface area (Å²) in [7, 11) is 1.65. The van der Waals surface area contributed by atoms with Gasteiger partial charge in [0.15, 0.2) is 0 Å². The molecule has 0 saturated carbocycles. The van der Waals surface area contributed by atoms with E-state index >= 15 is 0 Å². The van der Waals surface area contributed by atoms with Crippen molar-refractivity contribution in [2.45, 2.75) is 19.8 Å². The van der Waals surface area contributed by atoms with E-state index in [0.717, 1.165) is 37.2 Å². The molecule has 1 aliphatic rings. The Morgan fingerprint density at radius 3 is 2.46 bits per heavy atom. The van der Waals surface area contributed by atoms with Crippen molar-refractivity contribution in [2.24, 2.45) is 5.92 Å². The van der Waals surface area contributed by atoms with E-state index in [1.54, 1.807) is 7.05 Å². The maximum Gasteiger partial charge on any atom is 0.243 e. The van der Waals surface area contributed by atoms with E-state index in [9.17, 15) is 9.59 Å². The Kier molecular flexibility index (Phi) is 6.75. The lowest BCUT2D eigenvalue weighted by atomic mass is 9.98. The lowest BCUT2D eigenvalue weighted by Crippen LogP contribution is -2.44. The number of likely N-dealkylation sites (N-methyl/N-ethyl adjacent to an activating group) is 1. The summed E-state index contributed by atoms with van der Waals surface area (Å²) in [5, 5.41) is 11.9. The molecule has 0 radical (unpaired) electrons. The number of hydrogen-bond donors (Lipinski definition) is 2. The largest absolute Gasteiger partial charge is 0.396 e. The fourth-order valence-corrected chi connectivity index (χ4v) is 2.78. The van der Waals surface area contributed by atoms with Gasteiger partial charge >= 0.3 is 0 Å². The predicted molar refractivity (Wildman–Crippen MR) is 93.7 cm³/mol. The van der Waals surface area contributed by atoms with Gasteiger partial charge in [-0.25, -0.2) is 0 Å². The molecule has 1 fully saturated rings. The molecule has 132 valence electrons. The molecule has 0 spiro atoms. The average molecular weight is 333 g/mol. The van der Waals surface area contributed by atoms with Crippen molar-refractivity contribution in [2.75, 3.05) is 45.2 Å². The minimum absolute atomic E-state index is 0.0415. The number of carbonyl (C=O) groups is 2. The Labute approximate surface area is 143 Å². The number of anilines is 1. The number of aryl methyl sites for hydroxylation is 1. The Bertz CT molecular complexity index is 551. The third-order valence-corrected chi connectivity index (χ3v) is 4.47. The second-order valence-corrected chi connectivity index (χ2v) is 6.57. The first-order valence-electron chi connectivity index (χ1n) is 8.41.